The fraction of sp³-hybridized carbons (Fsp3) is 0.125. The van der Waals surface area contributed by atoms with Crippen molar-refractivity contribution >= 4 is 0 Å². The minimum Gasteiger partial charge on any atom is -0.508 e. The van der Waals surface area contributed by atoms with E-state index in [4.69, 9.17) is 0 Å². The lowest BCUT2D eigenvalue weighted by atomic mass is 10.0. The molecule has 0 fully saturated rings. The molecule has 0 saturated carbocycles. The predicted octanol–water partition coefficient (Wildman–Crippen LogP) is 2.11. The van der Waals surface area contributed by atoms with Gasteiger partial charge in [-0.3, -0.25) is 0 Å². The molecule has 128 valence electrons. The summed E-state index contributed by atoms with van der Waals surface area (Å²) in [6.45, 7) is 3.31. The van der Waals surface area contributed by atoms with Crippen LogP contribution in [0.2, 0.25) is 0 Å². The molecule has 0 aliphatic heterocycles. The summed E-state index contributed by atoms with van der Waals surface area (Å²) in [6.07, 6.45) is 1.22. The molecule has 0 aliphatic rings. The molecule has 1 aromatic carbocycles. The van der Waals surface area contributed by atoms with Gasteiger partial charge in [-0.1, -0.05) is 23.6 Å². The number of aliphatic hydroxyl groups is 1. The van der Waals surface area contributed by atoms with Crippen molar-refractivity contribution in [3.63, 3.8) is 0 Å². The van der Waals surface area contributed by atoms with E-state index in [1.165, 1.54) is 6.08 Å². The van der Waals surface area contributed by atoms with E-state index in [-0.39, 0.29) is 11.8 Å². The van der Waals surface area contributed by atoms with E-state index in [1.54, 1.807) is 24.3 Å². The zero-order valence-corrected chi connectivity index (χ0v) is 14.6. The van der Waals surface area contributed by atoms with Crippen LogP contribution in [0.5, 0.6) is 5.75 Å². The summed E-state index contributed by atoms with van der Waals surface area (Å²) in [5, 5.41) is 19.3. The van der Waals surface area contributed by atoms with Gasteiger partial charge < -0.3 is 15.9 Å². The molecule has 0 spiro atoms. The lowest BCUT2D eigenvalue weighted by Crippen LogP contribution is -2.66. The normalized spacial score (nSPS) is 9.56. The number of quaternary nitrogens is 1. The molecule has 5 N–H and O–H groups in total. The van der Waals surface area contributed by atoms with E-state index < -0.39 is 6.10 Å². The van der Waals surface area contributed by atoms with Gasteiger partial charge in [0.15, 0.2) is 0 Å². The van der Waals surface area contributed by atoms with Gasteiger partial charge in [-0.15, -0.1) is 0 Å². The van der Waals surface area contributed by atoms with E-state index in [0.29, 0.717) is 6.42 Å². The Kier molecular flexibility index (Phi) is 10.2. The van der Waals surface area contributed by atoms with Gasteiger partial charge in [0.1, 0.15) is 17.9 Å². The first-order chi connectivity index (χ1) is 13.1. The number of rotatable bonds is 4. The molecule has 0 heterocycles. The Hall–Kier alpha value is -4.18. The van der Waals surface area contributed by atoms with Crippen molar-refractivity contribution in [2.24, 2.45) is 0 Å². The van der Waals surface area contributed by atoms with Crippen LogP contribution in [-0.4, -0.2) is 22.4 Å². The Morgan fingerprint density at radius 2 is 1.33 bits per heavy atom. The van der Waals surface area contributed by atoms with Crippen molar-refractivity contribution in [2.75, 3.05) is 0 Å². The van der Waals surface area contributed by atoms with Crippen LogP contribution in [0.3, 0.4) is 0 Å². The molecular formula is C24H16NO2+. The minimum atomic E-state index is -0.787. The molecule has 0 amide bonds. The van der Waals surface area contributed by atoms with Crippen LogP contribution in [0.4, 0.5) is 0 Å². The van der Waals surface area contributed by atoms with Gasteiger partial charge >= 0.3 is 0 Å². The molecule has 0 unspecified atom stereocenters. The summed E-state index contributed by atoms with van der Waals surface area (Å²) in [4.78, 5) is 0. The maximum absolute atomic E-state index is 10.0. The summed E-state index contributed by atoms with van der Waals surface area (Å²) in [7, 11) is 0. The molecule has 27 heavy (non-hydrogen) atoms. The highest BCUT2D eigenvalue weighted by molar-refractivity contribution is 5.26. The molecule has 1 aromatic rings. The number of hydrogen-bond acceptors (Lipinski definition) is 2. The van der Waals surface area contributed by atoms with E-state index >= 15 is 0 Å². The van der Waals surface area contributed by atoms with E-state index in [9.17, 15) is 10.2 Å². The quantitative estimate of drug-likeness (QED) is 0.728. The monoisotopic (exact) mass is 350 g/mol. The average molecular weight is 350 g/mol. The highest BCUT2D eigenvalue weighted by atomic mass is 16.3. The summed E-state index contributed by atoms with van der Waals surface area (Å²) in [5.41, 5.74) is 37.5. The van der Waals surface area contributed by atoms with Crippen molar-refractivity contribution < 1.29 is 15.9 Å². The van der Waals surface area contributed by atoms with Crippen LogP contribution < -0.4 is 5.73 Å². The molecule has 0 aliphatic carbocycles. The van der Waals surface area contributed by atoms with Gasteiger partial charge in [-0.2, -0.15) is 0 Å². The van der Waals surface area contributed by atoms with E-state index in [2.05, 4.69) is 86.8 Å². The summed E-state index contributed by atoms with van der Waals surface area (Å²) in [5.74, 6) is 0.203. The van der Waals surface area contributed by atoms with Gasteiger partial charge in [0.2, 0.25) is 0 Å². The highest BCUT2D eigenvalue weighted by Gasteiger charge is 2.15. The molecule has 0 saturated heterocycles. The maximum Gasteiger partial charge on any atom is 0.132 e. The Bertz CT molecular complexity index is 1150. The third kappa shape index (κ3) is 10.3. The lowest BCUT2D eigenvalue weighted by molar-refractivity contribution is -0.432. The molecule has 0 radical (unpaired) electrons. The van der Waals surface area contributed by atoms with Crippen LogP contribution in [0.1, 0.15) is 5.56 Å². The van der Waals surface area contributed by atoms with Crippen molar-refractivity contribution in [2.45, 2.75) is 18.6 Å². The molecule has 1 rings (SSSR count). The smallest absolute Gasteiger partial charge is 0.132 e. The molecular weight excluding hydrogens is 334 g/mol. The number of aromatic hydroxyl groups is 1. The zero-order valence-electron chi connectivity index (χ0n) is 14.6. The lowest BCUT2D eigenvalue weighted by Gasteiger charge is -2.11. The number of phenolic OH excluding ortho intramolecular Hbond substituents is 1. The Morgan fingerprint density at radius 1 is 0.852 bits per heavy atom. The molecule has 0 bridgehead atoms. The van der Waals surface area contributed by atoms with Crippen LogP contribution in [-0.2, 0) is 6.42 Å². The summed E-state index contributed by atoms with van der Waals surface area (Å²) in [6, 6.07) is 6.51. The Balaban J connectivity index is 2.86. The largest absolute Gasteiger partial charge is 0.508 e. The van der Waals surface area contributed by atoms with Crippen molar-refractivity contribution in [3.8, 4) is 5.75 Å². The Morgan fingerprint density at radius 3 is 1.85 bits per heavy atom. The zero-order chi connectivity index (χ0) is 19.7. The fourth-order valence-corrected chi connectivity index (χ4v) is 1.68. The summed E-state index contributed by atoms with van der Waals surface area (Å²) >= 11 is 0. The second-order valence-electron chi connectivity index (χ2n) is 4.98. The SMILES string of the molecule is C=C=C=C=C=C=C=C=C=C=C=C=C=C=C[C@H](O)[C@@H]([NH3+])Cc1ccc(O)cc1. The first-order valence-corrected chi connectivity index (χ1v) is 7.78. The van der Waals surface area contributed by atoms with Crippen LogP contribution in [0.15, 0.2) is 111 Å². The maximum atomic E-state index is 10.0. The van der Waals surface area contributed by atoms with Crippen LogP contribution in [0.25, 0.3) is 0 Å². The fourth-order valence-electron chi connectivity index (χ4n) is 1.68. The first-order valence-electron chi connectivity index (χ1n) is 7.78. The summed E-state index contributed by atoms with van der Waals surface area (Å²) < 4.78 is 0. The highest BCUT2D eigenvalue weighted by Crippen LogP contribution is 2.11. The standard InChI is InChI=1S/C24H15NO2/c1-2-3-4-5-6-7-8-9-10-11-12-13-14-15-24(27)23(25)20-21-16-18-22(26)19-17-21/h15-19,23-24,26-27H,1,20,25H2/p+1/t23-,24-/m0/s1. The predicted molar refractivity (Wildman–Crippen MR) is 100 cm³/mol. The topological polar surface area (TPSA) is 68.1 Å². The molecule has 3 heteroatoms. The first kappa shape index (κ1) is 20.9. The number of phenols is 1. The number of benzene rings is 1. The van der Waals surface area contributed by atoms with Crippen LogP contribution >= 0.6 is 0 Å². The average Bonchev–Trinajstić information content (AvgIpc) is 2.67. The van der Waals surface area contributed by atoms with Crippen molar-refractivity contribution in [1.82, 2.24) is 0 Å². The third-order valence-corrected chi connectivity index (χ3v) is 2.96. The van der Waals surface area contributed by atoms with E-state index in [0.717, 1.165) is 5.56 Å². The van der Waals surface area contributed by atoms with Gasteiger partial charge in [-0.25, -0.2) is 0 Å². The van der Waals surface area contributed by atoms with Crippen molar-refractivity contribution in [3.05, 3.63) is 117 Å². The van der Waals surface area contributed by atoms with Gasteiger partial charge in [0.25, 0.3) is 0 Å². The Labute approximate surface area is 157 Å². The molecule has 0 aromatic heterocycles. The molecule has 3 nitrogen and oxygen atoms in total. The second kappa shape index (κ2) is 13.1. The van der Waals surface area contributed by atoms with Gasteiger partial charge in [-0.05, 0) is 87.3 Å². The van der Waals surface area contributed by atoms with Gasteiger partial charge in [0.05, 0.1) is 0 Å². The third-order valence-electron chi connectivity index (χ3n) is 2.96. The van der Waals surface area contributed by atoms with Crippen LogP contribution in [0, 0.1) is 0 Å². The molecule has 2 atom stereocenters. The number of aliphatic hydroxyl groups excluding tert-OH is 1. The second-order valence-corrected chi connectivity index (χ2v) is 4.98. The minimum absolute atomic E-state index is 0.203. The van der Waals surface area contributed by atoms with E-state index in [1.807, 2.05) is 0 Å². The van der Waals surface area contributed by atoms with Crippen molar-refractivity contribution in [1.29, 1.82) is 0 Å². The van der Waals surface area contributed by atoms with Gasteiger partial charge in [0, 0.05) is 12.5 Å². The number of hydrogen-bond donors (Lipinski definition) is 3.